The van der Waals surface area contributed by atoms with Crippen LogP contribution in [0.4, 0.5) is 0 Å². The minimum absolute atomic E-state index is 0. The number of aliphatic hydroxyl groups excluding tert-OH is 11. The summed E-state index contributed by atoms with van der Waals surface area (Å²) in [4.78, 5) is 115. The summed E-state index contributed by atoms with van der Waals surface area (Å²) < 4.78 is 280. The van der Waals surface area contributed by atoms with E-state index in [0.29, 0.717) is 0 Å². The predicted molar refractivity (Wildman–Crippen MR) is 368 cm³/mol. The van der Waals surface area contributed by atoms with Crippen LogP contribution < -0.4 is 317 Å². The number of carbonyl (C=O) groups is 4. The Hall–Kier alpha value is 3.94. The molecular formula is C57H82N4Na10O61S6-4. The van der Waals surface area contributed by atoms with E-state index >= 15 is 0 Å². The fourth-order valence-corrected chi connectivity index (χ4v) is 11.7. The average molecular weight is 2220 g/mol. The molecule has 65 nitrogen and oxygen atoms in total. The standard InChI is InChI=1S/C53H80N4O37S2.4CO2.10Na.4H2O4S/c1-18(60)54-38-42(69)46(27(10-58)84-50(38)77-5)92-35-7-23(65)31(14-79-35)88-53-41(57-21(4)63)45(72)49(33(90-53)17-83-96(74,75)76)94-37-9-25(67)30(15-81-37)87-52-40(56-20(3)62)44(71)48(32(89-52)16-82-95-73)93-36-8-24(66)29(13-80-36)86-51-39(55-19(2)61)43(70)47(28(11-59)85-51)91-34-6-22(64)26(68)12-78-34;4*2-1-3;;;;;;;;;;;4*1-5(2,3)4/h6-9,12-15,22-53,58-59,64-73H,10-11,16-17H2,1-5H3,(H,54,60)(H,55,61)(H,56,62)(H,57,63)(H,74,75,76);;;;;;;;;;;;;;;4*(H2,1,2,3,4)/q-8;;;;;10*+1;;;;/p-6/t22-,23-,24-,25-,26+,27?,28?,29-,30-,31-,32?,33?,34-,35-,36-,37-,38?,39?,40?,41?,42+,43+,44+,45+,46+,47+,48+,49+,50-,51-,52+,53+;;;;;;;;;;;;;;;;;;/m0................../s1. The SMILES string of the molecule is CO[C@H]1OC(CO)[C@@H](O[C@H]2[CH-][C@H](O)[C@@H](O[C@@H]3OC(COS(=O)(=O)[O-])[C@@H](O[C@H]4[CH-][C@H](O)[C@@H](O[C@@H]5OC(COS[O-])[C@@H](O[C@H]6[CH-][C@H](O)[C@@H](O[C@@H]7OC(CO)[C@@H](O[C@H]8[CH-][C@H](O)[C@H](O)[CH-]O8)[C@H](O)C7NC(C)=O)[CH-]O6)[C@H](O)C5NC(C)=O)[CH-]O4)[C@H](O)C3NC(C)=O)[CH-]O2)[C@H](O)C1NC(C)=O.O=C=O.O=C=O.O=C=O.O=C=O.O=S(=O)([O-])O.O=S(=O)([O-])O.O=S(=O)([O-])O.O=S(=O)([O-])O.[Na+].[Na+].[Na+].[Na+].[Na+].[Na+].[Na+].[Na+].[Na+].[Na+]. The molecule has 0 aliphatic carbocycles. The van der Waals surface area contributed by atoms with E-state index in [1.54, 1.807) is 0 Å². The number of amides is 4. The Morgan fingerprint density at radius 3 is 0.775 bits per heavy atom. The number of ether oxygens (including phenoxy) is 16. The number of carbonyl (C=O) groups excluding carboxylic acids is 12. The summed E-state index contributed by atoms with van der Waals surface area (Å²) in [5.41, 5.74) is 0. The Labute approximate surface area is 1010 Å². The van der Waals surface area contributed by atoms with Crippen molar-refractivity contribution in [3.8, 4) is 0 Å². The van der Waals surface area contributed by atoms with E-state index in [9.17, 15) is 92.9 Å². The van der Waals surface area contributed by atoms with Crippen molar-refractivity contribution in [3.63, 3.8) is 0 Å². The van der Waals surface area contributed by atoms with E-state index in [2.05, 4.69) is 25.5 Å². The zero-order valence-electron chi connectivity index (χ0n) is 74.9. The van der Waals surface area contributed by atoms with Crippen LogP contribution in [-0.4, -0.2) is 422 Å². The molecule has 8 saturated heterocycles. The Bertz CT molecular complexity index is 3900. The molecule has 8 aliphatic heterocycles. The molecule has 0 aromatic carbocycles. The third-order valence-corrected chi connectivity index (χ3v) is 16.3. The second-order valence-electron chi connectivity index (χ2n) is 24.7. The van der Waals surface area contributed by atoms with E-state index in [0.717, 1.165) is 72.9 Å². The van der Waals surface area contributed by atoms with Crippen LogP contribution in [0.5, 0.6) is 0 Å². The minimum Gasteiger partial charge on any atom is -0.776 e. The van der Waals surface area contributed by atoms with E-state index in [1.807, 2.05) is 0 Å². The first kappa shape index (κ1) is 164. The van der Waals surface area contributed by atoms with Crippen LogP contribution in [0.2, 0.25) is 0 Å². The van der Waals surface area contributed by atoms with Crippen molar-refractivity contribution >= 4 is 113 Å². The first-order valence-corrected chi connectivity index (χ1v) is 41.3. The molecular weight excluding hydrogens is 2140 g/mol. The van der Waals surface area contributed by atoms with E-state index < -0.39 is 299 Å². The van der Waals surface area contributed by atoms with Gasteiger partial charge in [0, 0.05) is 60.0 Å². The normalized spacial score (nSPS) is 32.6. The third kappa shape index (κ3) is 70.4. The van der Waals surface area contributed by atoms with Gasteiger partial charge >= 0.3 is 320 Å². The van der Waals surface area contributed by atoms with Crippen LogP contribution in [0.1, 0.15) is 27.7 Å². The number of aliphatic hydroxyl groups is 11. The van der Waals surface area contributed by atoms with E-state index in [1.165, 1.54) is 14.0 Å². The number of rotatable bonds is 27. The first-order valence-electron chi connectivity index (χ1n) is 33.9. The number of hydrogen-bond acceptors (Lipinski definition) is 58. The maximum atomic E-state index is 12.7. The third-order valence-electron chi connectivity index (χ3n) is 15.6. The average Bonchev–Trinajstić information content (AvgIpc) is 0.757. The zero-order chi connectivity index (χ0) is 98.9. The maximum absolute atomic E-state index is 12.7. The van der Waals surface area contributed by atoms with Crippen molar-refractivity contribution in [3.05, 3.63) is 52.1 Å². The van der Waals surface area contributed by atoms with Gasteiger partial charge in [0.15, 0.2) is 25.2 Å². The quantitative estimate of drug-likeness (QED) is 0.0119. The van der Waals surface area contributed by atoms with Crippen molar-refractivity contribution in [2.75, 3.05) is 33.5 Å². The molecule has 81 heteroatoms. The fraction of sp³-hybridized carbons (Fsp3) is 0.719. The van der Waals surface area contributed by atoms with Gasteiger partial charge in [-0.25, -0.2) is 67.8 Å². The second kappa shape index (κ2) is 84.3. The molecule has 4 amide bonds. The molecule has 8 heterocycles. The molecule has 0 aromatic rings. The largest absolute Gasteiger partial charge is 1.00 e. The van der Waals surface area contributed by atoms with Gasteiger partial charge in [-0.1, -0.05) is 24.4 Å². The van der Waals surface area contributed by atoms with Gasteiger partial charge < -0.3 is 185 Å². The minimum atomic E-state index is -5.50. The maximum Gasteiger partial charge on any atom is 1.00 e. The molecule has 746 valence electrons. The van der Waals surface area contributed by atoms with E-state index in [-0.39, 0.29) is 333 Å². The van der Waals surface area contributed by atoms with Crippen molar-refractivity contribution in [1.82, 2.24) is 21.3 Å². The molecule has 8 unspecified atom stereocenters. The topological polar surface area (TPSA) is 1030 Å². The zero-order valence-corrected chi connectivity index (χ0v) is 99.8. The number of nitrogens with one attached hydrogen (secondary N) is 4. The molecule has 0 aromatic heterocycles. The smallest absolute Gasteiger partial charge is 0.776 e. The molecule has 0 spiro atoms. The van der Waals surface area contributed by atoms with Gasteiger partial charge in [-0.3, -0.25) is 41.6 Å². The molecule has 0 bridgehead atoms. The van der Waals surface area contributed by atoms with Gasteiger partial charge in [-0.15, -0.1) is 12.3 Å². The van der Waals surface area contributed by atoms with Crippen LogP contribution in [0, 0.1) is 52.1 Å². The van der Waals surface area contributed by atoms with Gasteiger partial charge in [0.25, 0.3) is 0 Å². The van der Waals surface area contributed by atoms with Crippen LogP contribution >= 0.6 is 12.3 Å². The Morgan fingerprint density at radius 1 is 0.355 bits per heavy atom. The summed E-state index contributed by atoms with van der Waals surface area (Å²) in [5.74, 6) is -2.84. The summed E-state index contributed by atoms with van der Waals surface area (Å²) in [6, 6.07) is -5.95. The van der Waals surface area contributed by atoms with E-state index in [4.69, 9.17) is 188 Å². The fourth-order valence-electron chi connectivity index (χ4n) is 11.2. The summed E-state index contributed by atoms with van der Waals surface area (Å²) in [6.45, 7) is 4.54. The van der Waals surface area contributed by atoms with Gasteiger partial charge in [0.05, 0.1) is 26.4 Å². The van der Waals surface area contributed by atoms with Gasteiger partial charge in [0.2, 0.25) is 75.6 Å². The molecule has 138 heavy (non-hydrogen) atoms. The van der Waals surface area contributed by atoms with Crippen molar-refractivity contribution in [1.29, 1.82) is 0 Å². The second-order valence-corrected chi connectivity index (χ2v) is 29.6. The monoisotopic (exact) mass is 2220 g/mol. The summed E-state index contributed by atoms with van der Waals surface area (Å²) in [7, 11) is -23.9. The molecule has 8 fully saturated rings. The molecule has 8 rings (SSSR count). The first-order chi connectivity index (χ1) is 59.1. The molecule has 32 atom stereocenters. The number of hydrogen-bond donors (Lipinski definition) is 19. The number of methoxy groups -OCH3 is 1. The predicted octanol–water partition coefficient (Wildman–Crippen LogP) is -46.6. The molecule has 19 N–H and O–H groups in total. The van der Waals surface area contributed by atoms with Crippen LogP contribution in [0.15, 0.2) is 0 Å². The molecule has 8 aliphatic rings. The molecule has 0 radical (unpaired) electrons. The summed E-state index contributed by atoms with van der Waals surface area (Å²) >= 11 is -0.367. The van der Waals surface area contributed by atoms with Crippen LogP contribution in [-0.2, 0) is 194 Å². The van der Waals surface area contributed by atoms with Crippen molar-refractivity contribution in [2.24, 2.45) is 0 Å². The van der Waals surface area contributed by atoms with Crippen LogP contribution in [0.3, 0.4) is 0 Å². The molecule has 0 saturated carbocycles. The van der Waals surface area contributed by atoms with Crippen LogP contribution in [0.25, 0.3) is 0 Å². The Kier molecular flexibility index (Phi) is 100. The summed E-state index contributed by atoms with van der Waals surface area (Å²) in [6.07, 6.45) is -39.8. The van der Waals surface area contributed by atoms with Gasteiger partial charge in [0.1, 0.15) is 97.4 Å². The van der Waals surface area contributed by atoms with Crippen molar-refractivity contribution < 1.29 is 581 Å². The Morgan fingerprint density at radius 2 is 0.565 bits per heavy atom. The van der Waals surface area contributed by atoms with Gasteiger partial charge in [-0.2, -0.15) is 64.8 Å². The Balaban J connectivity index is -0.000000371. The van der Waals surface area contributed by atoms with Gasteiger partial charge in [-0.05, 0) is 24.4 Å². The van der Waals surface area contributed by atoms with Crippen molar-refractivity contribution in [2.45, 2.75) is 224 Å². The summed E-state index contributed by atoms with van der Waals surface area (Å²) in [5, 5.41) is 130.